The van der Waals surface area contributed by atoms with E-state index >= 15 is 0 Å². The first-order valence-electron chi connectivity index (χ1n) is 4.71. The zero-order chi connectivity index (χ0) is 11.1. The fourth-order valence-corrected chi connectivity index (χ4v) is 3.37. The van der Waals surface area contributed by atoms with Crippen molar-refractivity contribution in [3.05, 3.63) is 34.7 Å². The average Bonchev–Trinajstić information content (AvgIpc) is 2.39. The summed E-state index contributed by atoms with van der Waals surface area (Å²) in [5.41, 5.74) is 0.800. The molecule has 80 valence electrons. The second-order valence-electron chi connectivity index (χ2n) is 3.89. The summed E-state index contributed by atoms with van der Waals surface area (Å²) < 4.78 is 24.0. The minimum atomic E-state index is -3.22. The van der Waals surface area contributed by atoms with Gasteiger partial charge >= 0.3 is 0 Å². The number of nitrogens with zero attached hydrogens (tertiary/aromatic N) is 1. The second-order valence-corrected chi connectivity index (χ2v) is 5.86. The molecule has 0 saturated carbocycles. The predicted octanol–water partition coefficient (Wildman–Crippen LogP) is 1.38. The first kappa shape index (κ1) is 10.4. The minimum absolute atomic E-state index is 0.432. The van der Waals surface area contributed by atoms with Crippen LogP contribution >= 0.6 is 0 Å². The molecule has 0 aliphatic carbocycles. The van der Waals surface area contributed by atoms with Crippen LogP contribution in [0.25, 0.3) is 6.08 Å². The Labute approximate surface area is 89.9 Å². The van der Waals surface area contributed by atoms with Gasteiger partial charge in [-0.3, -0.25) is 0 Å². The van der Waals surface area contributed by atoms with Gasteiger partial charge in [0.2, 0.25) is 9.84 Å². The molecule has 3 nitrogen and oxygen atoms in total. The lowest BCUT2D eigenvalue weighted by molar-refractivity contribution is 0.451. The molecule has 1 heterocycles. The molecule has 0 atom stereocenters. The van der Waals surface area contributed by atoms with Gasteiger partial charge in [-0.15, -0.1) is 0 Å². The molecule has 0 saturated heterocycles. The predicted molar refractivity (Wildman–Crippen MR) is 60.2 cm³/mol. The van der Waals surface area contributed by atoms with Gasteiger partial charge in [0.25, 0.3) is 0 Å². The number of hydrogen-bond donors (Lipinski definition) is 0. The molecule has 0 spiro atoms. The monoisotopic (exact) mass is 223 g/mol. The van der Waals surface area contributed by atoms with Gasteiger partial charge in [0.1, 0.15) is 0 Å². The van der Waals surface area contributed by atoms with Crippen molar-refractivity contribution in [2.24, 2.45) is 0 Å². The fourth-order valence-electron chi connectivity index (χ4n) is 1.68. The first-order valence-corrected chi connectivity index (χ1v) is 6.19. The lowest BCUT2D eigenvalue weighted by Gasteiger charge is -2.09. The Morgan fingerprint density at radius 1 is 1.20 bits per heavy atom. The van der Waals surface area contributed by atoms with Crippen molar-refractivity contribution in [2.45, 2.75) is 4.90 Å². The Balaban J connectivity index is 2.50. The third-order valence-electron chi connectivity index (χ3n) is 2.34. The van der Waals surface area contributed by atoms with Gasteiger partial charge in [-0.2, -0.15) is 0 Å². The summed E-state index contributed by atoms with van der Waals surface area (Å²) in [7, 11) is 0.499. The summed E-state index contributed by atoms with van der Waals surface area (Å²) in [4.78, 5) is 2.77. The standard InChI is InChI=1S/C11H13NO2S/c1-12(2)8-10-7-9-5-3-4-6-11(9)15(10,13)14/h3-7H,8H2,1-2H3. The molecule has 4 heteroatoms. The summed E-state index contributed by atoms with van der Waals surface area (Å²) >= 11 is 0. The fraction of sp³-hybridized carbons (Fsp3) is 0.273. The van der Waals surface area contributed by atoms with Crippen LogP contribution in [-0.2, 0) is 9.84 Å². The zero-order valence-electron chi connectivity index (χ0n) is 8.77. The zero-order valence-corrected chi connectivity index (χ0v) is 9.58. The van der Waals surface area contributed by atoms with Crippen LogP contribution in [0.2, 0.25) is 0 Å². The molecule has 1 aromatic rings. The van der Waals surface area contributed by atoms with Crippen LogP contribution in [0.1, 0.15) is 5.56 Å². The number of benzene rings is 1. The summed E-state index contributed by atoms with van der Waals surface area (Å²) in [6.07, 6.45) is 1.75. The highest BCUT2D eigenvalue weighted by Crippen LogP contribution is 2.32. The van der Waals surface area contributed by atoms with Gasteiger partial charge in [0, 0.05) is 6.54 Å². The molecular formula is C11H13NO2S. The van der Waals surface area contributed by atoms with E-state index in [1.54, 1.807) is 18.2 Å². The van der Waals surface area contributed by atoms with Crippen LogP contribution in [0.15, 0.2) is 34.1 Å². The molecular weight excluding hydrogens is 210 g/mol. The summed E-state index contributed by atoms with van der Waals surface area (Å²) in [5, 5.41) is 0. The Kier molecular flexibility index (Phi) is 2.40. The largest absolute Gasteiger partial charge is 0.304 e. The number of sulfone groups is 1. The number of hydrogen-bond acceptors (Lipinski definition) is 3. The van der Waals surface area contributed by atoms with Crippen LogP contribution in [0.5, 0.6) is 0 Å². The van der Waals surface area contributed by atoms with E-state index in [0.717, 1.165) is 5.56 Å². The van der Waals surface area contributed by atoms with E-state index in [4.69, 9.17) is 0 Å². The maximum atomic E-state index is 12.0. The number of rotatable bonds is 2. The highest BCUT2D eigenvalue weighted by atomic mass is 32.2. The Bertz CT molecular complexity index is 515. The smallest absolute Gasteiger partial charge is 0.204 e. The Morgan fingerprint density at radius 3 is 2.47 bits per heavy atom. The van der Waals surface area contributed by atoms with E-state index in [1.165, 1.54) is 0 Å². The highest BCUT2D eigenvalue weighted by molar-refractivity contribution is 7.95. The van der Waals surface area contributed by atoms with Crippen LogP contribution < -0.4 is 0 Å². The van der Waals surface area contributed by atoms with Crippen molar-refractivity contribution in [1.82, 2.24) is 4.90 Å². The maximum Gasteiger partial charge on any atom is 0.204 e. The van der Waals surface area contributed by atoms with E-state index in [1.807, 2.05) is 31.1 Å². The van der Waals surface area contributed by atoms with E-state index in [9.17, 15) is 8.42 Å². The van der Waals surface area contributed by atoms with Gasteiger partial charge in [-0.25, -0.2) is 8.42 Å². The molecule has 0 bridgehead atoms. The SMILES string of the molecule is CN(C)CC1=Cc2ccccc2S1(=O)=O. The van der Waals surface area contributed by atoms with E-state index in [2.05, 4.69) is 0 Å². The minimum Gasteiger partial charge on any atom is -0.304 e. The third-order valence-corrected chi connectivity index (χ3v) is 4.23. The van der Waals surface area contributed by atoms with E-state index in [0.29, 0.717) is 16.3 Å². The molecule has 1 aromatic carbocycles. The summed E-state index contributed by atoms with van der Waals surface area (Å²) in [6.45, 7) is 0.455. The number of likely N-dealkylation sites (N-methyl/N-ethyl adjacent to an activating group) is 1. The normalized spacial score (nSPS) is 17.7. The van der Waals surface area contributed by atoms with E-state index in [-0.39, 0.29) is 0 Å². The number of fused-ring (bicyclic) bond motifs is 1. The van der Waals surface area contributed by atoms with Crippen molar-refractivity contribution in [2.75, 3.05) is 20.6 Å². The topological polar surface area (TPSA) is 37.4 Å². The van der Waals surface area contributed by atoms with Crippen molar-refractivity contribution in [3.63, 3.8) is 0 Å². The maximum absolute atomic E-state index is 12.0. The van der Waals surface area contributed by atoms with Gasteiger partial charge in [0.05, 0.1) is 9.80 Å². The Hall–Kier alpha value is -1.13. The van der Waals surface area contributed by atoms with Crippen molar-refractivity contribution in [3.8, 4) is 0 Å². The lowest BCUT2D eigenvalue weighted by atomic mass is 10.2. The van der Waals surface area contributed by atoms with Crippen LogP contribution in [0, 0.1) is 0 Å². The van der Waals surface area contributed by atoms with Crippen LogP contribution in [-0.4, -0.2) is 34.0 Å². The van der Waals surface area contributed by atoms with Crippen LogP contribution in [0.3, 0.4) is 0 Å². The molecule has 0 fully saturated rings. The molecule has 0 radical (unpaired) electrons. The second kappa shape index (κ2) is 3.47. The molecule has 15 heavy (non-hydrogen) atoms. The molecule has 0 N–H and O–H groups in total. The quantitative estimate of drug-likeness (QED) is 0.760. The lowest BCUT2D eigenvalue weighted by Crippen LogP contribution is -2.18. The molecule has 0 aromatic heterocycles. The van der Waals surface area contributed by atoms with Crippen molar-refractivity contribution >= 4 is 15.9 Å². The summed E-state index contributed by atoms with van der Waals surface area (Å²) in [6, 6.07) is 7.09. The van der Waals surface area contributed by atoms with Gasteiger partial charge < -0.3 is 4.90 Å². The summed E-state index contributed by atoms with van der Waals surface area (Å²) in [5.74, 6) is 0. The van der Waals surface area contributed by atoms with Gasteiger partial charge in [0.15, 0.2) is 0 Å². The third kappa shape index (κ3) is 1.70. The highest BCUT2D eigenvalue weighted by Gasteiger charge is 2.28. The van der Waals surface area contributed by atoms with Crippen molar-refractivity contribution in [1.29, 1.82) is 0 Å². The first-order chi connectivity index (χ1) is 7.01. The molecule has 0 unspecified atom stereocenters. The van der Waals surface area contributed by atoms with Crippen LogP contribution in [0.4, 0.5) is 0 Å². The van der Waals surface area contributed by atoms with Gasteiger partial charge in [-0.05, 0) is 31.8 Å². The average molecular weight is 223 g/mol. The van der Waals surface area contributed by atoms with Crippen molar-refractivity contribution < 1.29 is 8.42 Å². The molecule has 0 amide bonds. The molecule has 1 aliphatic heterocycles. The molecule has 2 rings (SSSR count). The van der Waals surface area contributed by atoms with E-state index < -0.39 is 9.84 Å². The Morgan fingerprint density at radius 2 is 1.87 bits per heavy atom. The molecule has 1 aliphatic rings. The van der Waals surface area contributed by atoms with Gasteiger partial charge in [-0.1, -0.05) is 18.2 Å².